The molecule has 2 aromatic carbocycles. The fourth-order valence-electron chi connectivity index (χ4n) is 6.49. The van der Waals surface area contributed by atoms with Crippen molar-refractivity contribution in [3.63, 3.8) is 0 Å². The van der Waals surface area contributed by atoms with Crippen LogP contribution < -0.4 is 15.4 Å². The molecule has 2 fully saturated rings. The first-order valence-corrected chi connectivity index (χ1v) is 15.3. The lowest BCUT2D eigenvalue weighted by Crippen LogP contribution is -2.43. The highest BCUT2D eigenvalue weighted by atomic mass is 35.5. The van der Waals surface area contributed by atoms with E-state index < -0.39 is 29.3 Å². The Balaban J connectivity index is 1.49. The quantitative estimate of drug-likeness (QED) is 0.220. The zero-order chi connectivity index (χ0) is 31.3. The maximum absolute atomic E-state index is 16.7. The number of nitriles is 1. The minimum Gasteiger partial charge on any atom is -0.481 e. The number of carbonyl (C=O) groups is 1. The van der Waals surface area contributed by atoms with Gasteiger partial charge >= 0.3 is 12.0 Å². The highest BCUT2D eigenvalue weighted by molar-refractivity contribution is 7.23. The van der Waals surface area contributed by atoms with Gasteiger partial charge in [0.15, 0.2) is 5.82 Å². The molecule has 9 nitrogen and oxygen atoms in total. The summed E-state index contributed by atoms with van der Waals surface area (Å²) in [7, 11) is 1.69. The summed E-state index contributed by atoms with van der Waals surface area (Å²) in [6.07, 6.45) is 1.23. The second-order valence-electron chi connectivity index (χ2n) is 11.3. The van der Waals surface area contributed by atoms with Crippen LogP contribution in [0.2, 0.25) is 5.02 Å². The summed E-state index contributed by atoms with van der Waals surface area (Å²) in [5.41, 5.74) is 5.46. The van der Waals surface area contributed by atoms with Gasteiger partial charge in [-0.2, -0.15) is 15.2 Å². The molecule has 4 heterocycles. The van der Waals surface area contributed by atoms with Gasteiger partial charge in [0, 0.05) is 49.3 Å². The minimum atomic E-state index is -0.966. The number of anilines is 2. The number of aromatic nitrogens is 2. The number of carboxylic acid groups (broad SMARTS) is 1. The third-order valence-corrected chi connectivity index (χ3v) is 9.84. The van der Waals surface area contributed by atoms with E-state index in [0.29, 0.717) is 19.4 Å². The molecule has 3 N–H and O–H groups in total. The average molecular weight is 645 g/mol. The summed E-state index contributed by atoms with van der Waals surface area (Å²) < 4.78 is 52.0. The molecule has 0 radical (unpaired) electrons. The Morgan fingerprint density at radius 3 is 2.93 bits per heavy atom. The molecule has 14 heteroatoms. The van der Waals surface area contributed by atoms with Crippen LogP contribution in [-0.2, 0) is 4.79 Å². The van der Waals surface area contributed by atoms with Crippen LogP contribution in [0, 0.1) is 23.0 Å². The number of nitrogens with zero attached hydrogens (tertiary/aromatic N) is 5. The maximum Gasteiger partial charge on any atom is 0.319 e. The van der Waals surface area contributed by atoms with Crippen LogP contribution in [0.1, 0.15) is 37.7 Å². The Morgan fingerprint density at radius 2 is 2.18 bits per heavy atom. The molecule has 44 heavy (non-hydrogen) atoms. The van der Waals surface area contributed by atoms with Gasteiger partial charge in [0.05, 0.1) is 20.8 Å². The number of benzene rings is 2. The van der Waals surface area contributed by atoms with Crippen molar-refractivity contribution in [3.05, 3.63) is 40.4 Å². The van der Waals surface area contributed by atoms with Crippen LogP contribution in [0.3, 0.4) is 0 Å². The molecule has 6 rings (SSSR count). The van der Waals surface area contributed by atoms with E-state index in [-0.39, 0.29) is 79.1 Å². The van der Waals surface area contributed by atoms with Crippen molar-refractivity contribution < 1.29 is 27.8 Å². The molecule has 2 aliphatic rings. The normalized spacial score (nSPS) is 19.9. The number of rotatable bonds is 9. The first kappa shape index (κ1) is 30.2. The van der Waals surface area contributed by atoms with Gasteiger partial charge < -0.3 is 20.5 Å². The standard InChI is InChI=1S/C30H28ClF3N6O3S/c1-39(8-2-4-21(41)42)28-17-10-19(31)23(16-5-6-20(33)26-22(16)18(12-35)27(36)44-26)24(34)25(17)37-29(38-28)43-14-30-7-3-9-40(30)13-15(32)11-30/h5-6,10,15H,2-4,7-9,11,13-14,36H2,1H3,(H,41,42)/t15-,30+/m1/s1. The highest BCUT2D eigenvalue weighted by Crippen LogP contribution is 2.46. The number of alkyl halides is 1. The first-order chi connectivity index (χ1) is 21.0. The van der Waals surface area contributed by atoms with Crippen molar-refractivity contribution in [1.82, 2.24) is 14.9 Å². The fraction of sp³-hybridized carbons (Fsp3) is 0.400. The topological polar surface area (TPSA) is 129 Å². The average Bonchev–Trinajstić information content (AvgIpc) is 3.62. The molecule has 0 aliphatic carbocycles. The molecular weight excluding hydrogens is 617 g/mol. The maximum atomic E-state index is 16.7. The fourth-order valence-corrected chi connectivity index (χ4v) is 7.74. The van der Waals surface area contributed by atoms with E-state index in [1.807, 2.05) is 6.07 Å². The second-order valence-corrected chi connectivity index (χ2v) is 12.8. The lowest BCUT2D eigenvalue weighted by Gasteiger charge is -2.31. The predicted octanol–water partition coefficient (Wildman–Crippen LogP) is 6.15. The zero-order valence-corrected chi connectivity index (χ0v) is 25.2. The molecular formula is C30H28ClF3N6O3S. The van der Waals surface area contributed by atoms with E-state index in [1.54, 1.807) is 11.9 Å². The Labute approximate surface area is 259 Å². The molecule has 0 bridgehead atoms. The van der Waals surface area contributed by atoms with E-state index in [4.69, 9.17) is 27.2 Å². The minimum absolute atomic E-state index is 0.0173. The van der Waals surface area contributed by atoms with Crippen LogP contribution in [0.4, 0.5) is 24.0 Å². The van der Waals surface area contributed by atoms with Gasteiger partial charge in [-0.05, 0) is 43.5 Å². The van der Waals surface area contributed by atoms with Crippen LogP contribution in [-0.4, -0.2) is 70.9 Å². The number of nitrogen functional groups attached to an aromatic ring is 1. The van der Waals surface area contributed by atoms with Crippen molar-refractivity contribution in [3.8, 4) is 23.2 Å². The molecule has 2 aromatic heterocycles. The molecule has 0 amide bonds. The highest BCUT2D eigenvalue weighted by Gasteiger charge is 2.49. The van der Waals surface area contributed by atoms with E-state index in [2.05, 4.69) is 14.9 Å². The number of aliphatic carboxylic acids is 1. The van der Waals surface area contributed by atoms with Crippen molar-refractivity contribution in [2.75, 3.05) is 43.9 Å². The van der Waals surface area contributed by atoms with Crippen molar-refractivity contribution >= 4 is 60.7 Å². The third-order valence-electron chi connectivity index (χ3n) is 8.52. The monoisotopic (exact) mass is 644 g/mol. The van der Waals surface area contributed by atoms with Crippen molar-refractivity contribution in [2.24, 2.45) is 0 Å². The molecule has 0 saturated carbocycles. The van der Waals surface area contributed by atoms with Crippen LogP contribution >= 0.6 is 22.9 Å². The molecule has 2 atom stereocenters. The summed E-state index contributed by atoms with van der Waals surface area (Å²) in [5.74, 6) is -2.13. The molecule has 0 unspecified atom stereocenters. The Kier molecular flexibility index (Phi) is 7.94. The van der Waals surface area contributed by atoms with Gasteiger partial charge in [0.2, 0.25) is 0 Å². The number of nitrogens with two attached hydrogens (primary N) is 1. The predicted molar refractivity (Wildman–Crippen MR) is 163 cm³/mol. The summed E-state index contributed by atoms with van der Waals surface area (Å²) in [5, 5.41) is 19.3. The SMILES string of the molecule is CN(CCCC(=O)O)c1nc(OC[C@@]23CCCN2C[C@H](F)C3)nc2c(F)c(-c3ccc(F)c4sc(N)c(C#N)c34)c(Cl)cc12. The summed E-state index contributed by atoms with van der Waals surface area (Å²) in [6, 6.07) is 5.85. The summed E-state index contributed by atoms with van der Waals surface area (Å²) in [4.78, 5) is 23.9. The number of thiophene rings is 1. The molecule has 0 spiro atoms. The number of fused-ring (bicyclic) bond motifs is 3. The molecule has 2 saturated heterocycles. The largest absolute Gasteiger partial charge is 0.481 e. The zero-order valence-electron chi connectivity index (χ0n) is 23.7. The Hall–Kier alpha value is -3.86. The summed E-state index contributed by atoms with van der Waals surface area (Å²) in [6.45, 7) is 1.49. The van der Waals surface area contributed by atoms with Gasteiger partial charge in [0.1, 0.15) is 41.0 Å². The van der Waals surface area contributed by atoms with E-state index in [1.165, 1.54) is 12.1 Å². The van der Waals surface area contributed by atoms with Gasteiger partial charge in [-0.25, -0.2) is 13.2 Å². The van der Waals surface area contributed by atoms with E-state index >= 15 is 4.39 Å². The number of halogens is 4. The summed E-state index contributed by atoms with van der Waals surface area (Å²) >= 11 is 7.59. The van der Waals surface area contributed by atoms with Gasteiger partial charge in [0.25, 0.3) is 0 Å². The van der Waals surface area contributed by atoms with E-state index in [0.717, 1.165) is 36.8 Å². The van der Waals surface area contributed by atoms with Crippen LogP contribution in [0.25, 0.3) is 32.1 Å². The smallest absolute Gasteiger partial charge is 0.319 e. The molecule has 230 valence electrons. The molecule has 2 aliphatic heterocycles. The van der Waals surface area contributed by atoms with Gasteiger partial charge in [-0.3, -0.25) is 9.69 Å². The lowest BCUT2D eigenvalue weighted by molar-refractivity contribution is -0.137. The van der Waals surface area contributed by atoms with Gasteiger partial charge in [-0.1, -0.05) is 17.7 Å². The molecule has 4 aromatic rings. The van der Waals surface area contributed by atoms with E-state index in [9.17, 15) is 18.8 Å². The lowest BCUT2D eigenvalue weighted by atomic mass is 9.95. The number of hydrogen-bond acceptors (Lipinski definition) is 9. The number of carboxylic acids is 1. The van der Waals surface area contributed by atoms with Crippen LogP contribution in [0.5, 0.6) is 6.01 Å². The Morgan fingerprint density at radius 1 is 1.39 bits per heavy atom. The number of ether oxygens (including phenoxy) is 1. The van der Waals surface area contributed by atoms with Crippen molar-refractivity contribution in [2.45, 2.75) is 43.8 Å². The van der Waals surface area contributed by atoms with Crippen molar-refractivity contribution in [1.29, 1.82) is 5.26 Å². The van der Waals surface area contributed by atoms with Crippen LogP contribution in [0.15, 0.2) is 18.2 Å². The van der Waals surface area contributed by atoms with Gasteiger partial charge in [-0.15, -0.1) is 11.3 Å². The number of hydrogen-bond donors (Lipinski definition) is 2. The Bertz CT molecular complexity index is 1850. The first-order valence-electron chi connectivity index (χ1n) is 14.1. The third kappa shape index (κ3) is 5.14. The second kappa shape index (κ2) is 11.6.